The standard InChI is InChI=1S/2C49H27N5OS2/c1-3-13-28(14-4-1)43-45-44(33-18-8-10-23-38(33)57-45)51-47(50-43)30-25-26-32-40(27-30)56-39-24-12-20-35(42(32)39)49-53-46(29-15-5-2-6-16-29)52-48(54-49)34-19-11-22-37-41(34)31-17-7-9-21-36(31)55-37;1-3-12-28(13-4-1)43-45-44(34-17-8-10-20-39(34)57-45)51-47(50-43)31-22-24-33-41(27-31)56-40-21-11-18-35(42(33)40)49-53-46(29-14-5-2-6-15-29)52-48(54-49)30-23-25-38-36(26-30)32-16-7-9-19-37(32)55-38/h2*1-27H. The van der Waals surface area contributed by atoms with Gasteiger partial charge in [-0.15, -0.1) is 45.3 Å². The summed E-state index contributed by atoms with van der Waals surface area (Å²) in [7, 11) is 0. The predicted octanol–water partition coefficient (Wildman–Crippen LogP) is 27.3. The number of furan rings is 2. The molecule has 0 bridgehead atoms. The van der Waals surface area contributed by atoms with Crippen LogP contribution in [0.5, 0.6) is 0 Å². The van der Waals surface area contributed by atoms with Crippen molar-refractivity contribution in [2.45, 2.75) is 0 Å². The molecule has 0 amide bonds. The van der Waals surface area contributed by atoms with Gasteiger partial charge in [0, 0.05) is 138 Å². The fraction of sp³-hybridized carbons (Fsp3) is 0. The number of aromatic nitrogens is 10. The molecular weight excluding hydrogens is 1480 g/mol. The number of hydrogen-bond donors (Lipinski definition) is 0. The quantitative estimate of drug-likeness (QED) is 0.128. The number of benzene rings is 14. The number of rotatable bonds is 10. The van der Waals surface area contributed by atoms with E-state index in [0.717, 1.165) is 182 Å². The van der Waals surface area contributed by atoms with Crippen LogP contribution < -0.4 is 0 Å². The molecule has 0 aliphatic rings. The molecular formula is C98H54N10O2S4. The highest BCUT2D eigenvalue weighted by atomic mass is 32.1. The highest BCUT2D eigenvalue weighted by molar-refractivity contribution is 7.27. The molecule has 0 aliphatic carbocycles. The van der Waals surface area contributed by atoms with Crippen LogP contribution >= 0.6 is 45.3 Å². The molecule has 0 fully saturated rings. The van der Waals surface area contributed by atoms with Crippen molar-refractivity contribution in [2.75, 3.05) is 0 Å². The fourth-order valence-electron chi connectivity index (χ4n) is 15.8. The molecule has 0 aliphatic heterocycles. The Morgan fingerprint density at radius 1 is 0.184 bits per heavy atom. The molecule has 12 nitrogen and oxygen atoms in total. The molecule has 0 saturated heterocycles. The Morgan fingerprint density at radius 2 is 0.535 bits per heavy atom. The summed E-state index contributed by atoms with van der Waals surface area (Å²) in [5.41, 5.74) is 16.8. The van der Waals surface area contributed by atoms with E-state index in [1.165, 1.54) is 9.40 Å². The molecule has 10 heterocycles. The van der Waals surface area contributed by atoms with Gasteiger partial charge in [0.05, 0.1) is 31.8 Å². The molecule has 0 radical (unpaired) electrons. The number of para-hydroxylation sites is 2. The van der Waals surface area contributed by atoms with E-state index >= 15 is 0 Å². The largest absolute Gasteiger partial charge is 0.456 e. The normalized spacial score (nSPS) is 11.9. The van der Waals surface area contributed by atoms with Crippen molar-refractivity contribution >= 4 is 170 Å². The van der Waals surface area contributed by atoms with Crippen molar-refractivity contribution in [3.63, 3.8) is 0 Å². The lowest BCUT2D eigenvalue weighted by Crippen LogP contribution is -2.00. The van der Waals surface area contributed by atoms with Crippen LogP contribution in [0.1, 0.15) is 0 Å². The Hall–Kier alpha value is -14.3. The van der Waals surface area contributed by atoms with Gasteiger partial charge in [-0.1, -0.05) is 255 Å². The van der Waals surface area contributed by atoms with Crippen LogP contribution in [0.3, 0.4) is 0 Å². The molecule has 16 heteroatoms. The second-order valence-electron chi connectivity index (χ2n) is 28.0. The average molecular weight is 1530 g/mol. The van der Waals surface area contributed by atoms with E-state index in [1.54, 1.807) is 45.3 Å². The van der Waals surface area contributed by atoms with E-state index < -0.39 is 0 Å². The van der Waals surface area contributed by atoms with Gasteiger partial charge in [0.2, 0.25) is 0 Å². The third kappa shape index (κ3) is 11.1. The second-order valence-corrected chi connectivity index (χ2v) is 32.3. The molecule has 0 N–H and O–H groups in total. The molecule has 24 rings (SSSR count). The van der Waals surface area contributed by atoms with Crippen LogP contribution in [0.25, 0.3) is 238 Å². The summed E-state index contributed by atoms with van der Waals surface area (Å²) in [6.07, 6.45) is 0. The molecule has 0 spiro atoms. The Kier molecular flexibility index (Phi) is 15.4. The molecule has 114 heavy (non-hydrogen) atoms. The Balaban J connectivity index is 0.000000135. The van der Waals surface area contributed by atoms with Crippen LogP contribution in [0.2, 0.25) is 0 Å². The zero-order valence-electron chi connectivity index (χ0n) is 60.1. The summed E-state index contributed by atoms with van der Waals surface area (Å²) >= 11 is 7.01. The lowest BCUT2D eigenvalue weighted by atomic mass is 10.0. The summed E-state index contributed by atoms with van der Waals surface area (Å²) in [4.78, 5) is 51.8. The summed E-state index contributed by atoms with van der Waals surface area (Å²) in [6.45, 7) is 0. The van der Waals surface area contributed by atoms with Gasteiger partial charge in [0.15, 0.2) is 46.6 Å². The summed E-state index contributed by atoms with van der Waals surface area (Å²) in [5.74, 6) is 5.09. The average Bonchev–Trinajstić information content (AvgIpc) is 1.58. The maximum Gasteiger partial charge on any atom is 0.164 e. The summed E-state index contributed by atoms with van der Waals surface area (Å²) < 4.78 is 21.6. The minimum absolute atomic E-state index is 0.595. The SMILES string of the molecule is c1ccc(-c2nc(-c3ccc4oc5ccccc5c4c3)nc(-c3cccc4sc5cc(-c6nc(-c7ccccc7)c7sc8ccccc8c7n6)ccc5c34)n2)cc1.c1ccc(-c2nc(-c3cccc4oc5ccccc5c34)nc(-c3cccc4sc5cc(-c6nc(-c7ccccc7)c7sc8ccccc8c7n6)ccc5c34)n2)cc1. The molecule has 0 atom stereocenters. The Labute approximate surface area is 665 Å². The van der Waals surface area contributed by atoms with Crippen molar-refractivity contribution in [3.8, 4) is 114 Å². The van der Waals surface area contributed by atoms with Crippen molar-refractivity contribution in [1.82, 2.24) is 49.8 Å². The van der Waals surface area contributed by atoms with Gasteiger partial charge in [0.25, 0.3) is 0 Å². The first-order valence-electron chi connectivity index (χ1n) is 37.3. The summed E-state index contributed by atoms with van der Waals surface area (Å²) in [6, 6.07) is 112. The zero-order chi connectivity index (χ0) is 74.9. The van der Waals surface area contributed by atoms with Gasteiger partial charge in [-0.2, -0.15) is 0 Å². The van der Waals surface area contributed by atoms with Crippen molar-refractivity contribution < 1.29 is 8.83 Å². The number of nitrogens with zero attached hydrogens (tertiary/aromatic N) is 10. The monoisotopic (exact) mass is 1530 g/mol. The first-order chi connectivity index (χ1) is 56.4. The molecule has 0 unspecified atom stereocenters. The highest BCUT2D eigenvalue weighted by Crippen LogP contribution is 2.48. The van der Waals surface area contributed by atoms with Crippen molar-refractivity contribution in [1.29, 1.82) is 0 Å². The maximum absolute atomic E-state index is 6.27. The smallest absolute Gasteiger partial charge is 0.164 e. The molecule has 532 valence electrons. The molecule has 14 aromatic carbocycles. The maximum atomic E-state index is 6.27. The van der Waals surface area contributed by atoms with E-state index in [2.05, 4.69) is 194 Å². The van der Waals surface area contributed by atoms with Crippen molar-refractivity contribution in [3.05, 3.63) is 328 Å². The van der Waals surface area contributed by atoms with Gasteiger partial charge in [-0.05, 0) is 72.8 Å². The number of thiophene rings is 4. The number of hydrogen-bond acceptors (Lipinski definition) is 16. The lowest BCUT2D eigenvalue weighted by Gasteiger charge is -2.10. The molecule has 24 aromatic rings. The lowest BCUT2D eigenvalue weighted by molar-refractivity contribution is 0.668. The zero-order valence-corrected chi connectivity index (χ0v) is 63.4. The van der Waals surface area contributed by atoms with Gasteiger partial charge < -0.3 is 8.83 Å². The van der Waals surface area contributed by atoms with E-state index in [0.29, 0.717) is 46.6 Å². The minimum Gasteiger partial charge on any atom is -0.456 e. The summed E-state index contributed by atoms with van der Waals surface area (Å²) in [5, 5.41) is 10.9. The first-order valence-corrected chi connectivity index (χ1v) is 40.6. The van der Waals surface area contributed by atoms with E-state index in [-0.39, 0.29) is 0 Å². The van der Waals surface area contributed by atoms with Gasteiger partial charge in [-0.25, -0.2) is 49.8 Å². The first kappa shape index (κ1) is 65.6. The Morgan fingerprint density at radius 3 is 1.05 bits per heavy atom. The van der Waals surface area contributed by atoms with Crippen molar-refractivity contribution in [2.24, 2.45) is 0 Å². The fourth-order valence-corrected chi connectivity index (χ4v) is 20.5. The van der Waals surface area contributed by atoms with Gasteiger partial charge in [0.1, 0.15) is 22.3 Å². The van der Waals surface area contributed by atoms with Crippen LogP contribution in [0.15, 0.2) is 336 Å². The number of fused-ring (bicyclic) bond motifs is 18. The molecule has 10 aromatic heterocycles. The third-order valence-corrected chi connectivity index (χ3v) is 25.7. The van der Waals surface area contributed by atoms with Gasteiger partial charge in [-0.3, -0.25) is 0 Å². The van der Waals surface area contributed by atoms with Crippen LogP contribution in [-0.2, 0) is 0 Å². The van der Waals surface area contributed by atoms with Gasteiger partial charge >= 0.3 is 0 Å². The minimum atomic E-state index is 0.595. The van der Waals surface area contributed by atoms with E-state index in [9.17, 15) is 0 Å². The highest BCUT2D eigenvalue weighted by Gasteiger charge is 2.25. The van der Waals surface area contributed by atoms with E-state index in [4.69, 9.17) is 58.7 Å². The second kappa shape index (κ2) is 26.8. The van der Waals surface area contributed by atoms with Crippen LogP contribution in [0, 0.1) is 0 Å². The molecule has 0 saturated carbocycles. The third-order valence-electron chi connectivity index (χ3n) is 21.1. The van der Waals surface area contributed by atoms with E-state index in [1.807, 2.05) is 133 Å². The Bertz CT molecular complexity index is 8020. The van der Waals surface area contributed by atoms with Crippen LogP contribution in [0.4, 0.5) is 0 Å². The predicted molar refractivity (Wildman–Crippen MR) is 471 cm³/mol. The van der Waals surface area contributed by atoms with Crippen LogP contribution in [-0.4, -0.2) is 49.8 Å². The topological polar surface area (TPSA) is 155 Å².